The average molecular weight is 359 g/mol. The third-order valence-corrected chi connectivity index (χ3v) is 4.90. The number of hydrogen-bond donors (Lipinski definition) is 1. The molecule has 2 atom stereocenters. The minimum Gasteiger partial charge on any atom is -0.379 e. The lowest BCUT2D eigenvalue weighted by Gasteiger charge is -2.28. The summed E-state index contributed by atoms with van der Waals surface area (Å²) in [6.45, 7) is 5.64. The molecule has 0 radical (unpaired) electrons. The number of nitrogens with zero attached hydrogens (tertiary/aromatic N) is 4. The number of hydrogen-bond acceptors (Lipinski definition) is 6. The second-order valence-electron chi connectivity index (χ2n) is 6.89. The number of halogens is 1. The molecule has 0 aliphatic carbocycles. The SMILES string of the molecule is CO[C@@H]1CNCC[C@@H]1c1nc(-n2nc(C(C)C)c3cccc(F)c32)no1. The maximum atomic E-state index is 14.5. The average Bonchev–Trinajstić information content (AvgIpc) is 3.27. The van der Waals surface area contributed by atoms with Crippen molar-refractivity contribution in [3.63, 3.8) is 0 Å². The molecule has 0 unspecified atom stereocenters. The fourth-order valence-electron chi connectivity index (χ4n) is 3.54. The first-order valence-corrected chi connectivity index (χ1v) is 8.84. The predicted octanol–water partition coefficient (Wildman–Crippen LogP) is 2.76. The van der Waals surface area contributed by atoms with Crippen molar-refractivity contribution < 1.29 is 13.7 Å². The van der Waals surface area contributed by atoms with Crippen molar-refractivity contribution in [1.29, 1.82) is 0 Å². The summed E-state index contributed by atoms with van der Waals surface area (Å²) in [5, 5.41) is 12.7. The highest BCUT2D eigenvalue weighted by Crippen LogP contribution is 2.30. The van der Waals surface area contributed by atoms with Gasteiger partial charge in [0, 0.05) is 19.0 Å². The number of rotatable bonds is 4. The fourth-order valence-corrected chi connectivity index (χ4v) is 3.54. The lowest BCUT2D eigenvalue weighted by Crippen LogP contribution is -2.40. The van der Waals surface area contributed by atoms with E-state index in [1.165, 1.54) is 10.7 Å². The third kappa shape index (κ3) is 2.79. The molecule has 138 valence electrons. The maximum Gasteiger partial charge on any atom is 0.291 e. The zero-order valence-electron chi connectivity index (χ0n) is 15.1. The summed E-state index contributed by atoms with van der Waals surface area (Å²) in [5.41, 5.74) is 1.18. The topological polar surface area (TPSA) is 78.0 Å². The van der Waals surface area contributed by atoms with E-state index in [1.807, 2.05) is 19.9 Å². The largest absolute Gasteiger partial charge is 0.379 e. The van der Waals surface area contributed by atoms with E-state index in [0.29, 0.717) is 11.4 Å². The van der Waals surface area contributed by atoms with E-state index in [-0.39, 0.29) is 29.7 Å². The van der Waals surface area contributed by atoms with Gasteiger partial charge in [0.15, 0.2) is 0 Å². The number of benzene rings is 1. The molecule has 4 rings (SSSR count). The van der Waals surface area contributed by atoms with Crippen LogP contribution in [0.1, 0.15) is 43.7 Å². The second-order valence-corrected chi connectivity index (χ2v) is 6.89. The van der Waals surface area contributed by atoms with Crippen LogP contribution < -0.4 is 5.32 Å². The van der Waals surface area contributed by atoms with E-state index in [2.05, 4.69) is 20.6 Å². The first-order valence-electron chi connectivity index (χ1n) is 8.84. The number of fused-ring (bicyclic) bond motifs is 1. The zero-order chi connectivity index (χ0) is 18.3. The van der Waals surface area contributed by atoms with Crippen LogP contribution in [0.25, 0.3) is 16.9 Å². The molecule has 0 bridgehead atoms. The highest BCUT2D eigenvalue weighted by Gasteiger charge is 2.31. The van der Waals surface area contributed by atoms with E-state index >= 15 is 0 Å². The van der Waals surface area contributed by atoms with Gasteiger partial charge < -0.3 is 14.6 Å². The molecular formula is C18H22FN5O2. The van der Waals surface area contributed by atoms with Gasteiger partial charge in [0.05, 0.1) is 17.7 Å². The van der Waals surface area contributed by atoms with E-state index < -0.39 is 0 Å². The normalized spacial score (nSPS) is 21.0. The molecule has 1 N–H and O–H groups in total. The Balaban J connectivity index is 1.78. The van der Waals surface area contributed by atoms with E-state index in [4.69, 9.17) is 9.26 Å². The summed E-state index contributed by atoms with van der Waals surface area (Å²) in [6, 6.07) is 4.97. The molecule has 1 aromatic carbocycles. The third-order valence-electron chi connectivity index (χ3n) is 4.90. The van der Waals surface area contributed by atoms with Crippen molar-refractivity contribution in [2.24, 2.45) is 0 Å². The van der Waals surface area contributed by atoms with Crippen LogP contribution in [0.4, 0.5) is 4.39 Å². The molecule has 3 heterocycles. The maximum absolute atomic E-state index is 14.5. The number of ether oxygens (including phenoxy) is 1. The Morgan fingerprint density at radius 3 is 3.00 bits per heavy atom. The Hall–Kier alpha value is -2.32. The Morgan fingerprint density at radius 2 is 2.23 bits per heavy atom. The Morgan fingerprint density at radius 1 is 1.38 bits per heavy atom. The van der Waals surface area contributed by atoms with Gasteiger partial charge in [-0.05, 0) is 30.1 Å². The lowest BCUT2D eigenvalue weighted by molar-refractivity contribution is 0.0520. The van der Waals surface area contributed by atoms with Crippen LogP contribution in [-0.2, 0) is 4.74 Å². The van der Waals surface area contributed by atoms with E-state index in [1.54, 1.807) is 13.2 Å². The van der Waals surface area contributed by atoms with Gasteiger partial charge in [-0.3, -0.25) is 0 Å². The van der Waals surface area contributed by atoms with Crippen LogP contribution >= 0.6 is 0 Å². The summed E-state index contributed by atoms with van der Waals surface area (Å²) in [5.74, 6) is 0.549. The molecule has 0 saturated carbocycles. The quantitative estimate of drug-likeness (QED) is 0.772. The van der Waals surface area contributed by atoms with Crippen molar-refractivity contribution in [2.45, 2.75) is 38.2 Å². The number of para-hydroxylation sites is 1. The first-order chi connectivity index (χ1) is 12.6. The van der Waals surface area contributed by atoms with Crippen molar-refractivity contribution in [3.8, 4) is 5.95 Å². The first kappa shape index (κ1) is 17.1. The molecule has 1 saturated heterocycles. The van der Waals surface area contributed by atoms with Gasteiger partial charge in [0.2, 0.25) is 5.89 Å². The van der Waals surface area contributed by atoms with Crippen LogP contribution in [0.2, 0.25) is 0 Å². The molecule has 0 amide bonds. The molecule has 0 spiro atoms. The van der Waals surface area contributed by atoms with Crippen LogP contribution in [0.3, 0.4) is 0 Å². The number of piperidine rings is 1. The Labute approximate surface area is 150 Å². The monoisotopic (exact) mass is 359 g/mol. The standard InChI is InChI=1S/C18H22FN5O2/c1-10(2)15-12-5-4-6-13(19)16(12)24(22-15)18-21-17(26-23-18)11-7-8-20-9-14(11)25-3/h4-6,10-11,14,20H,7-9H2,1-3H3/t11-,14+/m0/s1. The van der Waals surface area contributed by atoms with Gasteiger partial charge in [0.1, 0.15) is 11.3 Å². The molecule has 7 nitrogen and oxygen atoms in total. The molecule has 8 heteroatoms. The fraction of sp³-hybridized carbons (Fsp3) is 0.500. The second kappa shape index (κ2) is 6.77. The number of aromatic nitrogens is 4. The number of nitrogens with one attached hydrogen (secondary N) is 1. The van der Waals surface area contributed by atoms with Gasteiger partial charge in [-0.25, -0.2) is 4.39 Å². The molecule has 2 aromatic heterocycles. The minimum absolute atomic E-state index is 0.0127. The van der Waals surface area contributed by atoms with Crippen molar-refractivity contribution in [3.05, 3.63) is 35.6 Å². The van der Waals surface area contributed by atoms with Gasteiger partial charge in [-0.1, -0.05) is 26.0 Å². The van der Waals surface area contributed by atoms with E-state index in [0.717, 1.165) is 30.6 Å². The van der Waals surface area contributed by atoms with Crippen molar-refractivity contribution in [2.75, 3.05) is 20.2 Å². The molecular weight excluding hydrogens is 337 g/mol. The van der Waals surface area contributed by atoms with E-state index in [9.17, 15) is 4.39 Å². The van der Waals surface area contributed by atoms with Crippen molar-refractivity contribution >= 4 is 10.9 Å². The van der Waals surface area contributed by atoms with Crippen LogP contribution in [-0.4, -0.2) is 46.2 Å². The molecule has 26 heavy (non-hydrogen) atoms. The smallest absolute Gasteiger partial charge is 0.291 e. The molecule has 1 fully saturated rings. The van der Waals surface area contributed by atoms with Crippen molar-refractivity contribution in [1.82, 2.24) is 25.2 Å². The van der Waals surface area contributed by atoms with Crippen LogP contribution in [0, 0.1) is 5.82 Å². The van der Waals surface area contributed by atoms with Crippen LogP contribution in [0.5, 0.6) is 0 Å². The van der Waals surface area contributed by atoms with Gasteiger partial charge in [-0.15, -0.1) is 0 Å². The Bertz CT molecular complexity index is 920. The van der Waals surface area contributed by atoms with Gasteiger partial charge >= 0.3 is 0 Å². The summed E-state index contributed by atoms with van der Waals surface area (Å²) < 4.78 is 27.0. The molecule has 1 aliphatic rings. The predicted molar refractivity (Wildman–Crippen MR) is 94.0 cm³/mol. The minimum atomic E-state index is -0.357. The van der Waals surface area contributed by atoms with Crippen LogP contribution in [0.15, 0.2) is 22.7 Å². The summed E-state index contributed by atoms with van der Waals surface area (Å²) in [7, 11) is 1.67. The zero-order valence-corrected chi connectivity index (χ0v) is 15.1. The van der Waals surface area contributed by atoms with Gasteiger partial charge in [0.25, 0.3) is 5.95 Å². The lowest BCUT2D eigenvalue weighted by atomic mass is 9.95. The Kier molecular flexibility index (Phi) is 4.46. The van der Waals surface area contributed by atoms with Gasteiger partial charge in [-0.2, -0.15) is 14.8 Å². The summed E-state index contributed by atoms with van der Waals surface area (Å²) in [6.07, 6.45) is 0.806. The highest BCUT2D eigenvalue weighted by molar-refractivity contribution is 5.84. The summed E-state index contributed by atoms with van der Waals surface area (Å²) in [4.78, 5) is 4.51. The molecule has 1 aliphatic heterocycles. The molecule has 3 aromatic rings. The highest BCUT2D eigenvalue weighted by atomic mass is 19.1. The summed E-state index contributed by atoms with van der Waals surface area (Å²) >= 11 is 0. The number of methoxy groups -OCH3 is 1.